The van der Waals surface area contributed by atoms with Crippen LogP contribution in [0.1, 0.15) is 25.0 Å². The number of hydrogen-bond donors (Lipinski definition) is 3. The number of hydrogen-bond acceptors (Lipinski definition) is 5. The highest BCUT2D eigenvalue weighted by Crippen LogP contribution is 2.15. The lowest BCUT2D eigenvalue weighted by molar-refractivity contribution is -0.118. The van der Waals surface area contributed by atoms with E-state index < -0.39 is 0 Å². The first-order valence-electron chi connectivity index (χ1n) is 7.36. The quantitative estimate of drug-likeness (QED) is 0.476. The van der Waals surface area contributed by atoms with Gasteiger partial charge in [0.1, 0.15) is 0 Å². The van der Waals surface area contributed by atoms with Crippen LogP contribution in [0.15, 0.2) is 40.3 Å². The number of ether oxygens (including phenoxy) is 1. The summed E-state index contributed by atoms with van der Waals surface area (Å²) in [6.45, 7) is 3.14. The molecule has 1 aromatic carbocycles. The summed E-state index contributed by atoms with van der Waals surface area (Å²) in [7, 11) is 0. The monoisotopic (exact) mass is 336 g/mol. The van der Waals surface area contributed by atoms with Crippen LogP contribution in [0.2, 0.25) is 0 Å². The van der Waals surface area contributed by atoms with E-state index in [-0.39, 0.29) is 23.5 Å². The molecule has 3 N–H and O–H groups in total. The van der Waals surface area contributed by atoms with Crippen molar-refractivity contribution in [1.29, 1.82) is 0 Å². The molecule has 0 aliphatic carbocycles. The fourth-order valence-corrected chi connectivity index (χ4v) is 2.53. The predicted molar refractivity (Wildman–Crippen MR) is 88.4 cm³/mol. The van der Waals surface area contributed by atoms with Gasteiger partial charge in [0.2, 0.25) is 5.91 Å². The number of aromatic amines is 2. The Hall–Kier alpha value is -2.06. The molecule has 23 heavy (non-hydrogen) atoms. The van der Waals surface area contributed by atoms with E-state index in [0.717, 1.165) is 12.0 Å². The van der Waals surface area contributed by atoms with E-state index in [1.165, 1.54) is 11.8 Å². The van der Waals surface area contributed by atoms with Gasteiger partial charge < -0.3 is 10.1 Å². The van der Waals surface area contributed by atoms with Crippen molar-refractivity contribution < 1.29 is 9.53 Å². The summed E-state index contributed by atoms with van der Waals surface area (Å²) >= 11 is 1.17. The average molecular weight is 336 g/mol. The lowest BCUT2D eigenvalue weighted by Gasteiger charge is -2.13. The molecule has 0 saturated heterocycles. The summed E-state index contributed by atoms with van der Waals surface area (Å²) < 4.78 is 5.73. The Bertz CT molecular complexity index is 656. The van der Waals surface area contributed by atoms with E-state index >= 15 is 0 Å². The third kappa shape index (κ3) is 6.29. The number of aromatic nitrogens is 3. The molecule has 2 aromatic rings. The van der Waals surface area contributed by atoms with Gasteiger partial charge in [-0.2, -0.15) is 0 Å². The predicted octanol–water partition coefficient (Wildman–Crippen LogP) is 1.47. The van der Waals surface area contributed by atoms with Crippen molar-refractivity contribution in [2.45, 2.75) is 24.6 Å². The maximum absolute atomic E-state index is 11.6. The second kappa shape index (κ2) is 9.16. The molecule has 0 spiro atoms. The second-order valence-corrected chi connectivity index (χ2v) is 5.86. The van der Waals surface area contributed by atoms with E-state index in [0.29, 0.717) is 18.3 Å². The van der Waals surface area contributed by atoms with Crippen LogP contribution in [0.3, 0.4) is 0 Å². The molecule has 1 atom stereocenters. The molecule has 0 aliphatic heterocycles. The Kier molecular flexibility index (Phi) is 6.89. The Labute approximate surface area is 138 Å². The molecule has 1 aromatic heterocycles. The summed E-state index contributed by atoms with van der Waals surface area (Å²) in [5.41, 5.74) is 0.763. The van der Waals surface area contributed by atoms with Crippen LogP contribution in [0.25, 0.3) is 0 Å². The van der Waals surface area contributed by atoms with Crippen LogP contribution >= 0.6 is 11.8 Å². The zero-order valence-electron chi connectivity index (χ0n) is 12.9. The van der Waals surface area contributed by atoms with Crippen molar-refractivity contribution in [3.63, 3.8) is 0 Å². The Balaban J connectivity index is 1.54. The van der Waals surface area contributed by atoms with Crippen LogP contribution in [0.4, 0.5) is 0 Å². The molecule has 0 bridgehead atoms. The molecule has 124 valence electrons. The fraction of sp³-hybridized carbons (Fsp3) is 0.400. The number of rotatable bonds is 9. The highest BCUT2D eigenvalue weighted by Gasteiger charge is 2.06. The fourth-order valence-electron chi connectivity index (χ4n) is 1.89. The first-order chi connectivity index (χ1) is 11.1. The summed E-state index contributed by atoms with van der Waals surface area (Å²) in [5, 5.41) is 9.17. The second-order valence-electron chi connectivity index (χ2n) is 4.90. The van der Waals surface area contributed by atoms with Crippen molar-refractivity contribution in [2.24, 2.45) is 0 Å². The summed E-state index contributed by atoms with van der Waals surface area (Å²) in [5.74, 6) is 0.108. The Morgan fingerprint density at radius 1 is 1.39 bits per heavy atom. The van der Waals surface area contributed by atoms with E-state index in [1.54, 1.807) is 0 Å². The van der Waals surface area contributed by atoms with E-state index in [9.17, 15) is 9.59 Å². The molecule has 0 radical (unpaired) electrons. The third-order valence-corrected chi connectivity index (χ3v) is 3.97. The molecule has 0 aliphatic rings. The van der Waals surface area contributed by atoms with Crippen molar-refractivity contribution in [2.75, 3.05) is 18.9 Å². The maximum Gasteiger partial charge on any atom is 0.341 e. The van der Waals surface area contributed by atoms with Gasteiger partial charge in [0.25, 0.3) is 0 Å². The molecule has 1 heterocycles. The Morgan fingerprint density at radius 2 is 2.17 bits per heavy atom. The lowest BCUT2D eigenvalue weighted by atomic mass is 10.1. The zero-order valence-corrected chi connectivity index (χ0v) is 13.7. The number of H-pyrrole nitrogens is 2. The topological polar surface area (TPSA) is 99.9 Å². The SMILES string of the molecule is CC(OCCCNC(=O)CSc1n[nH]c(=O)[nH]1)c1ccccc1. The van der Waals surface area contributed by atoms with Gasteiger partial charge in [0.15, 0.2) is 5.16 Å². The molecule has 1 unspecified atom stereocenters. The molecule has 0 saturated carbocycles. The number of benzene rings is 1. The lowest BCUT2D eigenvalue weighted by Crippen LogP contribution is -2.27. The van der Waals surface area contributed by atoms with Crippen LogP contribution in [0, 0.1) is 0 Å². The third-order valence-electron chi connectivity index (χ3n) is 3.10. The van der Waals surface area contributed by atoms with Crippen LogP contribution in [-0.4, -0.2) is 40.0 Å². The highest BCUT2D eigenvalue weighted by atomic mass is 32.2. The number of carbonyl (C=O) groups excluding carboxylic acids is 1. The first-order valence-corrected chi connectivity index (χ1v) is 8.34. The van der Waals surface area contributed by atoms with Crippen molar-refractivity contribution in [3.8, 4) is 0 Å². The molecular formula is C15H20N4O3S. The number of thioether (sulfide) groups is 1. The van der Waals surface area contributed by atoms with Gasteiger partial charge in [-0.3, -0.25) is 9.78 Å². The minimum Gasteiger partial charge on any atom is -0.374 e. The van der Waals surface area contributed by atoms with E-state index in [1.807, 2.05) is 37.3 Å². The van der Waals surface area contributed by atoms with E-state index in [2.05, 4.69) is 20.5 Å². The van der Waals surface area contributed by atoms with Crippen LogP contribution < -0.4 is 11.0 Å². The minimum atomic E-state index is -0.377. The highest BCUT2D eigenvalue weighted by molar-refractivity contribution is 7.99. The molecule has 1 amide bonds. The van der Waals surface area contributed by atoms with E-state index in [4.69, 9.17) is 4.74 Å². The van der Waals surface area contributed by atoms with Gasteiger partial charge in [-0.05, 0) is 18.9 Å². The molecular weight excluding hydrogens is 316 g/mol. The van der Waals surface area contributed by atoms with Gasteiger partial charge in [0, 0.05) is 13.2 Å². The normalized spacial score (nSPS) is 12.0. The maximum atomic E-state index is 11.6. The number of amides is 1. The summed E-state index contributed by atoms with van der Waals surface area (Å²) in [4.78, 5) is 25.0. The number of nitrogens with one attached hydrogen (secondary N) is 3. The average Bonchev–Trinajstić information content (AvgIpc) is 2.98. The molecule has 7 nitrogen and oxygen atoms in total. The largest absolute Gasteiger partial charge is 0.374 e. The van der Waals surface area contributed by atoms with Crippen LogP contribution in [0.5, 0.6) is 0 Å². The smallest absolute Gasteiger partial charge is 0.341 e. The standard InChI is InChI=1S/C15H20N4O3S/c1-11(12-6-3-2-4-7-12)22-9-5-8-16-13(20)10-23-15-17-14(21)18-19-15/h2-4,6-7,11H,5,8-10H2,1H3,(H,16,20)(H2,17,18,19,21). The molecule has 2 rings (SSSR count). The summed E-state index contributed by atoms with van der Waals surface area (Å²) in [6, 6.07) is 10.0. The van der Waals surface area contributed by atoms with Gasteiger partial charge in [-0.15, -0.1) is 5.10 Å². The first kappa shape index (κ1) is 17.3. The van der Waals surface area contributed by atoms with Gasteiger partial charge in [0.05, 0.1) is 11.9 Å². The van der Waals surface area contributed by atoms with Gasteiger partial charge in [-0.25, -0.2) is 9.89 Å². The number of carbonyl (C=O) groups is 1. The van der Waals surface area contributed by atoms with Crippen molar-refractivity contribution in [1.82, 2.24) is 20.5 Å². The van der Waals surface area contributed by atoms with Gasteiger partial charge in [-0.1, -0.05) is 42.1 Å². The zero-order chi connectivity index (χ0) is 16.5. The van der Waals surface area contributed by atoms with Gasteiger partial charge >= 0.3 is 5.69 Å². The number of nitrogens with zero attached hydrogens (tertiary/aromatic N) is 1. The molecule has 8 heteroatoms. The summed E-state index contributed by atoms with van der Waals surface area (Å²) in [6.07, 6.45) is 0.784. The Morgan fingerprint density at radius 3 is 2.87 bits per heavy atom. The molecule has 0 fully saturated rings. The van der Waals surface area contributed by atoms with Crippen molar-refractivity contribution in [3.05, 3.63) is 46.4 Å². The van der Waals surface area contributed by atoms with Crippen molar-refractivity contribution >= 4 is 17.7 Å². The van der Waals surface area contributed by atoms with Crippen LogP contribution in [-0.2, 0) is 9.53 Å². The minimum absolute atomic E-state index is 0.0407.